The minimum Gasteiger partial charge on any atom is -0.382 e. The van der Waals surface area contributed by atoms with Gasteiger partial charge in [0, 0.05) is 21.1 Å². The van der Waals surface area contributed by atoms with Gasteiger partial charge < -0.3 is 10.4 Å². The van der Waals surface area contributed by atoms with Crippen LogP contribution in [0.3, 0.4) is 0 Å². The molecule has 0 saturated heterocycles. The van der Waals surface area contributed by atoms with E-state index in [2.05, 4.69) is 5.32 Å². The number of carbonyl (C=O) groups is 1. The highest BCUT2D eigenvalue weighted by Gasteiger charge is 2.17. The summed E-state index contributed by atoms with van der Waals surface area (Å²) < 4.78 is 24.4. The van der Waals surface area contributed by atoms with Crippen LogP contribution in [0.2, 0.25) is 0 Å². The van der Waals surface area contributed by atoms with Gasteiger partial charge in [0.05, 0.1) is 17.2 Å². The number of sulfone groups is 1. The van der Waals surface area contributed by atoms with Gasteiger partial charge in [0.2, 0.25) is 5.91 Å². The number of carbonyl (C=O) groups excluding carboxylic acids is 1. The Balaban J connectivity index is 1.50. The van der Waals surface area contributed by atoms with E-state index in [1.807, 2.05) is 29.6 Å². The maximum Gasteiger partial charge on any atom is 0.221 e. The highest BCUT2D eigenvalue weighted by Crippen LogP contribution is 2.30. The van der Waals surface area contributed by atoms with E-state index in [0.29, 0.717) is 6.54 Å². The monoisotopic (exact) mass is 421 g/mol. The van der Waals surface area contributed by atoms with Gasteiger partial charge >= 0.3 is 0 Å². The molecule has 0 spiro atoms. The van der Waals surface area contributed by atoms with Crippen LogP contribution in [0.4, 0.5) is 0 Å². The summed E-state index contributed by atoms with van der Waals surface area (Å²) >= 11 is 2.92. The van der Waals surface area contributed by atoms with Crippen molar-refractivity contribution in [3.8, 4) is 0 Å². The quantitative estimate of drug-likeness (QED) is 0.584. The summed E-state index contributed by atoms with van der Waals surface area (Å²) in [5, 5.41) is 15.0. The van der Waals surface area contributed by atoms with Gasteiger partial charge in [0.1, 0.15) is 6.10 Å². The van der Waals surface area contributed by atoms with Gasteiger partial charge in [-0.3, -0.25) is 4.79 Å². The zero-order valence-electron chi connectivity index (χ0n) is 14.4. The second kappa shape index (κ2) is 8.79. The van der Waals surface area contributed by atoms with Crippen LogP contribution in [0.1, 0.15) is 27.2 Å². The lowest BCUT2D eigenvalue weighted by Gasteiger charge is -2.06. The van der Waals surface area contributed by atoms with Gasteiger partial charge in [-0.1, -0.05) is 24.3 Å². The summed E-state index contributed by atoms with van der Waals surface area (Å²) in [5.74, 6) is -0.543. The molecule has 1 unspecified atom stereocenters. The molecule has 0 aliphatic carbocycles. The summed E-state index contributed by atoms with van der Waals surface area (Å²) in [6.07, 6.45) is -0.747. The molecule has 0 saturated carbocycles. The minimum atomic E-state index is -3.46. The molecule has 0 aliphatic rings. The van der Waals surface area contributed by atoms with Crippen LogP contribution in [0.5, 0.6) is 0 Å². The van der Waals surface area contributed by atoms with Crippen molar-refractivity contribution in [2.24, 2.45) is 0 Å². The van der Waals surface area contributed by atoms with Crippen molar-refractivity contribution in [3.63, 3.8) is 0 Å². The molecule has 27 heavy (non-hydrogen) atoms. The Labute approximate surface area is 166 Å². The van der Waals surface area contributed by atoms with E-state index in [4.69, 9.17) is 0 Å². The molecule has 2 aromatic heterocycles. The van der Waals surface area contributed by atoms with Gasteiger partial charge in [0.25, 0.3) is 0 Å². The summed E-state index contributed by atoms with van der Waals surface area (Å²) in [7, 11) is -3.46. The number of thiophene rings is 2. The summed E-state index contributed by atoms with van der Waals surface area (Å²) in [6, 6.07) is 15.6. The molecule has 2 N–H and O–H groups in total. The Hall–Kier alpha value is -2.00. The third kappa shape index (κ3) is 5.26. The Morgan fingerprint density at radius 3 is 2.52 bits per heavy atom. The normalized spacial score (nSPS) is 12.6. The second-order valence-electron chi connectivity index (χ2n) is 5.88. The molecule has 0 aliphatic heterocycles. The van der Waals surface area contributed by atoms with Crippen LogP contribution in [-0.2, 0) is 21.2 Å². The number of amides is 1. The maximum absolute atomic E-state index is 12.2. The average Bonchev–Trinajstić information content (AvgIpc) is 3.37. The van der Waals surface area contributed by atoms with Gasteiger partial charge in [-0.05, 0) is 35.7 Å². The fourth-order valence-electron chi connectivity index (χ4n) is 2.47. The molecule has 1 amide bonds. The number of rotatable bonds is 8. The first-order chi connectivity index (χ1) is 13.0. The Morgan fingerprint density at radius 1 is 1.04 bits per heavy atom. The number of nitrogens with one attached hydrogen (secondary N) is 1. The van der Waals surface area contributed by atoms with Crippen LogP contribution in [0.15, 0.2) is 64.9 Å². The van der Waals surface area contributed by atoms with Crippen LogP contribution in [0, 0.1) is 0 Å². The molecule has 0 bridgehead atoms. The van der Waals surface area contributed by atoms with Crippen molar-refractivity contribution in [1.29, 1.82) is 0 Å². The molecular formula is C19H19NO4S3. The number of benzene rings is 1. The molecular weight excluding hydrogens is 402 g/mol. The average molecular weight is 422 g/mol. The minimum absolute atomic E-state index is 0.0900. The molecule has 2 heterocycles. The zero-order chi connectivity index (χ0) is 19.3. The van der Waals surface area contributed by atoms with E-state index in [9.17, 15) is 18.3 Å². The smallest absolute Gasteiger partial charge is 0.221 e. The number of aliphatic hydroxyl groups excluding tert-OH is 1. The largest absolute Gasteiger partial charge is 0.382 e. The summed E-state index contributed by atoms with van der Waals surface area (Å²) in [5.41, 5.74) is 0. The highest BCUT2D eigenvalue weighted by molar-refractivity contribution is 7.91. The summed E-state index contributed by atoms with van der Waals surface area (Å²) in [6.45, 7) is 0.312. The SMILES string of the molecule is O=C(CCS(=O)(=O)c1ccccc1)NCc1ccc(C(O)c2cccs2)s1. The molecule has 0 radical (unpaired) electrons. The third-order valence-corrected chi connectivity index (χ3v) is 7.72. The fraction of sp³-hybridized carbons (Fsp3) is 0.211. The van der Waals surface area contributed by atoms with Crippen LogP contribution < -0.4 is 5.32 Å². The van der Waals surface area contributed by atoms with Crippen LogP contribution in [0.25, 0.3) is 0 Å². The predicted octanol–water partition coefficient (Wildman–Crippen LogP) is 3.37. The first kappa shape index (κ1) is 19.8. The van der Waals surface area contributed by atoms with Crippen LogP contribution in [-0.4, -0.2) is 25.2 Å². The number of hydrogen-bond acceptors (Lipinski definition) is 6. The van der Waals surface area contributed by atoms with Crippen molar-refractivity contribution in [2.45, 2.75) is 24.0 Å². The number of aliphatic hydroxyl groups is 1. The van der Waals surface area contributed by atoms with Crippen molar-refractivity contribution < 1.29 is 18.3 Å². The van der Waals surface area contributed by atoms with E-state index >= 15 is 0 Å². The molecule has 1 atom stereocenters. The van der Waals surface area contributed by atoms with Crippen molar-refractivity contribution in [3.05, 3.63) is 74.6 Å². The molecule has 8 heteroatoms. The Morgan fingerprint density at radius 2 is 1.81 bits per heavy atom. The predicted molar refractivity (Wildman–Crippen MR) is 108 cm³/mol. The van der Waals surface area contributed by atoms with Crippen molar-refractivity contribution in [1.82, 2.24) is 5.32 Å². The number of hydrogen-bond donors (Lipinski definition) is 2. The van der Waals surface area contributed by atoms with E-state index < -0.39 is 15.9 Å². The van der Waals surface area contributed by atoms with E-state index in [1.165, 1.54) is 34.8 Å². The molecule has 3 aromatic rings. The van der Waals surface area contributed by atoms with E-state index in [0.717, 1.165) is 14.6 Å². The third-order valence-electron chi connectivity index (χ3n) is 3.92. The lowest BCUT2D eigenvalue weighted by atomic mass is 10.2. The van der Waals surface area contributed by atoms with Gasteiger partial charge in [-0.25, -0.2) is 8.42 Å². The molecule has 0 fully saturated rings. The van der Waals surface area contributed by atoms with Crippen molar-refractivity contribution in [2.75, 3.05) is 5.75 Å². The topological polar surface area (TPSA) is 83.5 Å². The molecule has 1 aromatic carbocycles. The van der Waals surface area contributed by atoms with Crippen molar-refractivity contribution >= 4 is 38.4 Å². The lowest BCUT2D eigenvalue weighted by molar-refractivity contribution is -0.120. The second-order valence-corrected chi connectivity index (χ2v) is 10.2. The zero-order valence-corrected chi connectivity index (χ0v) is 16.8. The van der Waals surface area contributed by atoms with E-state index in [-0.39, 0.29) is 23.0 Å². The first-order valence-corrected chi connectivity index (χ1v) is 11.6. The van der Waals surface area contributed by atoms with E-state index in [1.54, 1.807) is 18.2 Å². The lowest BCUT2D eigenvalue weighted by Crippen LogP contribution is -2.24. The standard InChI is InChI=1S/C19H19NO4S3/c21-18(10-12-27(23,24)15-5-2-1-3-6-15)20-13-14-8-9-17(26-14)19(22)16-7-4-11-25-16/h1-9,11,19,22H,10,12-13H2,(H,20,21). The van der Waals surface area contributed by atoms with Gasteiger partial charge in [-0.15, -0.1) is 22.7 Å². The molecule has 3 rings (SSSR count). The molecule has 5 nitrogen and oxygen atoms in total. The fourth-order valence-corrected chi connectivity index (χ4v) is 5.49. The van der Waals surface area contributed by atoms with Crippen LogP contribution >= 0.6 is 22.7 Å². The maximum atomic E-state index is 12.2. The molecule has 142 valence electrons. The van der Waals surface area contributed by atoms with Gasteiger partial charge in [0.15, 0.2) is 9.84 Å². The van der Waals surface area contributed by atoms with Gasteiger partial charge in [-0.2, -0.15) is 0 Å². The first-order valence-electron chi connectivity index (χ1n) is 8.30. The Kier molecular flexibility index (Phi) is 6.43. The summed E-state index contributed by atoms with van der Waals surface area (Å²) in [4.78, 5) is 14.8. The highest BCUT2D eigenvalue weighted by atomic mass is 32.2. The Bertz CT molecular complexity index is 979.